The Morgan fingerprint density at radius 1 is 1.54 bits per heavy atom. The Labute approximate surface area is 80.4 Å². The largest absolute Gasteiger partial charge is 0.481 e. The zero-order valence-electron chi connectivity index (χ0n) is 9.00. The molecule has 0 aromatic carbocycles. The predicted molar refractivity (Wildman–Crippen MR) is 53.9 cm³/mol. The van der Waals surface area contributed by atoms with E-state index in [0.717, 1.165) is 30.8 Å². The van der Waals surface area contributed by atoms with Crippen LogP contribution in [0.4, 0.5) is 0 Å². The molecule has 0 amide bonds. The molecule has 0 spiro atoms. The maximum absolute atomic E-state index is 5.49. The second-order valence-electron chi connectivity index (χ2n) is 4.93. The smallest absolute Gasteiger partial charge is 0.183 e. The molecule has 2 rings (SSSR count). The Bertz CT molecular complexity index is 244. The van der Waals surface area contributed by atoms with Crippen molar-refractivity contribution in [1.82, 2.24) is 0 Å². The summed E-state index contributed by atoms with van der Waals surface area (Å²) in [6.45, 7) is 9.73. The number of hydrogen-bond donors (Lipinski definition) is 0. The lowest BCUT2D eigenvalue weighted by Crippen LogP contribution is -2.17. The molecule has 0 bridgehead atoms. The Balaban J connectivity index is 2.11. The van der Waals surface area contributed by atoms with Crippen LogP contribution in [-0.2, 0) is 4.74 Å². The van der Waals surface area contributed by atoms with Gasteiger partial charge in [0.2, 0.25) is 0 Å². The minimum Gasteiger partial charge on any atom is -0.481 e. The summed E-state index contributed by atoms with van der Waals surface area (Å²) < 4.78 is 5.49. The first-order valence-electron chi connectivity index (χ1n) is 5.26. The molecule has 0 aromatic heterocycles. The zero-order chi connectivity index (χ0) is 9.64. The number of ether oxygens (including phenoxy) is 1. The average Bonchev–Trinajstić information content (AvgIpc) is 2.55. The molecule has 2 aliphatic rings. The van der Waals surface area contributed by atoms with Gasteiger partial charge in [-0.1, -0.05) is 20.8 Å². The number of fused-ring (bicyclic) bond motifs is 1. The third kappa shape index (κ3) is 1.27. The molecule has 1 saturated carbocycles. The Hall–Kier alpha value is -0.530. The van der Waals surface area contributed by atoms with Crippen LogP contribution in [0.2, 0.25) is 0 Å². The second kappa shape index (κ2) is 2.73. The summed E-state index contributed by atoms with van der Waals surface area (Å²) in [5, 5.41) is 0. The van der Waals surface area contributed by atoms with Crippen molar-refractivity contribution < 1.29 is 4.74 Å². The van der Waals surface area contributed by atoms with Crippen molar-refractivity contribution in [3.8, 4) is 0 Å². The van der Waals surface area contributed by atoms with E-state index in [4.69, 9.17) is 4.74 Å². The van der Waals surface area contributed by atoms with Crippen LogP contribution in [0.1, 0.15) is 34.1 Å². The van der Waals surface area contributed by atoms with E-state index >= 15 is 0 Å². The van der Waals surface area contributed by atoms with E-state index in [1.54, 1.807) is 0 Å². The lowest BCUT2D eigenvalue weighted by molar-refractivity contribution is 0.294. The highest BCUT2D eigenvalue weighted by Gasteiger charge is 2.62. The van der Waals surface area contributed by atoms with E-state index in [1.165, 1.54) is 0 Å². The van der Waals surface area contributed by atoms with Gasteiger partial charge in [-0.05, 0) is 24.2 Å². The van der Waals surface area contributed by atoms with Gasteiger partial charge in [-0.3, -0.25) is 4.99 Å². The van der Waals surface area contributed by atoms with Gasteiger partial charge in [-0.2, -0.15) is 0 Å². The Morgan fingerprint density at radius 3 is 2.77 bits per heavy atom. The molecule has 0 radical (unpaired) electrons. The van der Waals surface area contributed by atoms with Crippen LogP contribution < -0.4 is 0 Å². The molecule has 3 unspecified atom stereocenters. The van der Waals surface area contributed by atoms with Crippen LogP contribution in [0.3, 0.4) is 0 Å². The van der Waals surface area contributed by atoms with Gasteiger partial charge in [0.25, 0.3) is 0 Å². The van der Waals surface area contributed by atoms with Gasteiger partial charge in [0.1, 0.15) is 0 Å². The molecular weight excluding hydrogens is 162 g/mol. The maximum Gasteiger partial charge on any atom is 0.183 e. The molecular formula is C11H19NO. The number of rotatable bonds is 1. The van der Waals surface area contributed by atoms with Crippen LogP contribution >= 0.6 is 0 Å². The first kappa shape index (κ1) is 9.04. The van der Waals surface area contributed by atoms with E-state index in [9.17, 15) is 0 Å². The first-order valence-corrected chi connectivity index (χ1v) is 5.26. The van der Waals surface area contributed by atoms with E-state index in [2.05, 4.69) is 25.8 Å². The Morgan fingerprint density at radius 2 is 2.23 bits per heavy atom. The molecule has 1 fully saturated rings. The number of nitrogens with zero attached hydrogens (tertiary/aromatic N) is 1. The van der Waals surface area contributed by atoms with Crippen LogP contribution in [0.15, 0.2) is 4.99 Å². The normalized spacial score (nSPS) is 40.6. The average molecular weight is 181 g/mol. The van der Waals surface area contributed by atoms with Gasteiger partial charge < -0.3 is 4.74 Å². The summed E-state index contributed by atoms with van der Waals surface area (Å²) in [5.41, 5.74) is 0.429. The zero-order valence-corrected chi connectivity index (χ0v) is 9.00. The molecule has 13 heavy (non-hydrogen) atoms. The van der Waals surface area contributed by atoms with Gasteiger partial charge in [-0.25, -0.2) is 0 Å². The monoisotopic (exact) mass is 181 g/mol. The van der Waals surface area contributed by atoms with Gasteiger partial charge in [0.15, 0.2) is 5.90 Å². The van der Waals surface area contributed by atoms with Crippen molar-refractivity contribution in [2.75, 3.05) is 6.61 Å². The topological polar surface area (TPSA) is 21.6 Å². The van der Waals surface area contributed by atoms with Gasteiger partial charge in [0, 0.05) is 6.42 Å². The summed E-state index contributed by atoms with van der Waals surface area (Å²) in [4.78, 5) is 4.64. The van der Waals surface area contributed by atoms with Crippen LogP contribution in [-0.4, -0.2) is 18.5 Å². The third-order valence-electron chi connectivity index (χ3n) is 3.56. The van der Waals surface area contributed by atoms with E-state index in [0.29, 0.717) is 11.5 Å². The fourth-order valence-electron chi connectivity index (χ4n) is 2.81. The van der Waals surface area contributed by atoms with Crippen molar-refractivity contribution in [3.63, 3.8) is 0 Å². The summed E-state index contributed by atoms with van der Waals surface area (Å²) in [7, 11) is 0. The molecule has 1 heterocycles. The molecule has 0 saturated heterocycles. The highest BCUT2D eigenvalue weighted by atomic mass is 16.5. The second-order valence-corrected chi connectivity index (χ2v) is 4.93. The number of hydrogen-bond acceptors (Lipinski definition) is 2. The fraction of sp³-hybridized carbons (Fsp3) is 0.909. The van der Waals surface area contributed by atoms with Crippen molar-refractivity contribution in [2.24, 2.45) is 22.2 Å². The van der Waals surface area contributed by atoms with Gasteiger partial charge in [0.05, 0.1) is 12.6 Å². The molecule has 1 aliphatic carbocycles. The predicted octanol–water partition coefficient (Wildman–Crippen LogP) is 2.49. The fourth-order valence-corrected chi connectivity index (χ4v) is 2.81. The highest BCUT2D eigenvalue weighted by Crippen LogP contribution is 2.60. The van der Waals surface area contributed by atoms with E-state index in [-0.39, 0.29) is 0 Å². The third-order valence-corrected chi connectivity index (χ3v) is 3.56. The van der Waals surface area contributed by atoms with Crippen LogP contribution in [0, 0.1) is 17.3 Å². The highest BCUT2D eigenvalue weighted by molar-refractivity contribution is 5.78. The first-order chi connectivity index (χ1) is 6.07. The lowest BCUT2D eigenvalue weighted by Gasteiger charge is -2.17. The van der Waals surface area contributed by atoms with Crippen LogP contribution in [0.5, 0.6) is 0 Å². The van der Waals surface area contributed by atoms with Crippen molar-refractivity contribution >= 4 is 5.90 Å². The maximum atomic E-state index is 5.49. The van der Waals surface area contributed by atoms with E-state index in [1.807, 2.05) is 6.92 Å². The molecule has 74 valence electrons. The molecule has 0 N–H and O–H groups in total. The van der Waals surface area contributed by atoms with Crippen LogP contribution in [0.25, 0.3) is 0 Å². The van der Waals surface area contributed by atoms with Crippen molar-refractivity contribution in [2.45, 2.75) is 40.2 Å². The quantitative estimate of drug-likeness (QED) is 0.609. The Kier molecular flexibility index (Phi) is 1.90. The number of aliphatic imine (C=N–C) groups is 1. The summed E-state index contributed by atoms with van der Waals surface area (Å²) >= 11 is 0. The minimum atomic E-state index is 0.429. The van der Waals surface area contributed by atoms with E-state index < -0.39 is 0 Å². The van der Waals surface area contributed by atoms with Crippen molar-refractivity contribution in [1.29, 1.82) is 0 Å². The van der Waals surface area contributed by atoms with Crippen molar-refractivity contribution in [3.05, 3.63) is 0 Å². The molecule has 3 atom stereocenters. The SMILES string of the molecule is CCOC1=NC2C(C(C)C1)C2(C)C. The standard InChI is InChI=1S/C11H19NO/c1-5-13-8-6-7(2)9-10(12-8)11(9,3)4/h7,9-10H,5-6H2,1-4H3. The molecule has 2 nitrogen and oxygen atoms in total. The lowest BCUT2D eigenvalue weighted by atomic mass is 9.95. The summed E-state index contributed by atoms with van der Waals surface area (Å²) in [5.74, 6) is 2.54. The molecule has 0 aromatic rings. The van der Waals surface area contributed by atoms with Gasteiger partial charge in [-0.15, -0.1) is 0 Å². The summed E-state index contributed by atoms with van der Waals surface area (Å²) in [6, 6.07) is 0.540. The van der Waals surface area contributed by atoms with Gasteiger partial charge >= 0.3 is 0 Å². The molecule has 1 aliphatic heterocycles. The summed E-state index contributed by atoms with van der Waals surface area (Å²) in [6.07, 6.45) is 1.04. The minimum absolute atomic E-state index is 0.429. The molecule has 2 heteroatoms.